The number of aliphatic hydroxyl groups is 1. The lowest BCUT2D eigenvalue weighted by Gasteiger charge is -2.38. The Morgan fingerprint density at radius 2 is 1.52 bits per heavy atom. The molecule has 14 heteroatoms. The number of hydrogen-bond acceptors (Lipinski definition) is 4. The molecule has 1 aliphatic heterocycles. The lowest BCUT2D eigenvalue weighted by atomic mass is 9.78. The Morgan fingerprint density at radius 1 is 1.08 bits per heavy atom. The van der Waals surface area contributed by atoms with E-state index in [1.54, 1.807) is 0 Å². The third kappa shape index (κ3) is 2.65. The molecule has 0 amide bonds. The second kappa shape index (κ2) is 5.46. The van der Waals surface area contributed by atoms with E-state index in [0.717, 1.165) is 6.92 Å². The van der Waals surface area contributed by atoms with Gasteiger partial charge in [-0.3, -0.25) is 4.74 Å². The molecule has 4 nitrogen and oxygen atoms in total. The molecule has 1 N–H and O–H groups in total. The number of rotatable bonds is 3. The molecule has 2 atom stereocenters. The number of esters is 1. The van der Waals surface area contributed by atoms with Crippen molar-refractivity contribution >= 4 is 5.97 Å². The Kier molecular flexibility index (Phi) is 4.69. The summed E-state index contributed by atoms with van der Waals surface area (Å²) in [6.07, 6.45) is -19.9. The molecule has 1 aliphatic rings. The largest absolute Gasteiger partial charge is 0.461 e. The summed E-state index contributed by atoms with van der Waals surface area (Å²) in [5.74, 6) is -14.7. The van der Waals surface area contributed by atoms with Gasteiger partial charge in [-0.15, -0.1) is 0 Å². The minimum Gasteiger partial charge on any atom is -0.461 e. The van der Waals surface area contributed by atoms with Crippen molar-refractivity contribution < 1.29 is 63.3 Å². The molecule has 1 heterocycles. The van der Waals surface area contributed by atoms with Gasteiger partial charge < -0.3 is 9.84 Å². The first-order valence-corrected chi connectivity index (χ1v) is 5.93. The molecule has 0 aromatic carbocycles. The zero-order valence-corrected chi connectivity index (χ0v) is 11.9. The first-order chi connectivity index (χ1) is 10.8. The summed E-state index contributed by atoms with van der Waals surface area (Å²) < 4.78 is 138. The summed E-state index contributed by atoms with van der Waals surface area (Å²) in [7, 11) is 0. The van der Waals surface area contributed by atoms with E-state index in [2.05, 4.69) is 16.1 Å². The van der Waals surface area contributed by atoms with E-state index in [9.17, 15) is 48.7 Å². The summed E-state index contributed by atoms with van der Waals surface area (Å²) in [6, 6.07) is 0. The molecule has 0 aromatic heterocycles. The van der Waals surface area contributed by atoms with E-state index < -0.39 is 53.7 Å². The lowest BCUT2D eigenvalue weighted by molar-refractivity contribution is -0.433. The van der Waals surface area contributed by atoms with Gasteiger partial charge in [0.2, 0.25) is 0 Å². The topological polar surface area (TPSA) is 55.8 Å². The van der Waals surface area contributed by atoms with Crippen LogP contribution in [0, 0.1) is 5.41 Å². The smallest absolute Gasteiger partial charge is 0.449 e. The zero-order chi connectivity index (χ0) is 20.3. The fourth-order valence-corrected chi connectivity index (χ4v) is 1.94. The van der Waals surface area contributed by atoms with Gasteiger partial charge in [0.25, 0.3) is 5.41 Å². The molecular formula is C11H8F10O4. The van der Waals surface area contributed by atoms with Gasteiger partial charge in [-0.25, -0.2) is 4.79 Å². The summed E-state index contributed by atoms with van der Waals surface area (Å²) in [5, 5.41) is 8.83. The summed E-state index contributed by atoms with van der Waals surface area (Å²) in [5.41, 5.74) is -6.73. The zero-order valence-electron chi connectivity index (χ0n) is 11.9. The predicted octanol–water partition coefficient (Wildman–Crippen LogP) is 3.16. The fourth-order valence-electron chi connectivity index (χ4n) is 1.94. The maximum atomic E-state index is 13.9. The van der Waals surface area contributed by atoms with Crippen molar-refractivity contribution in [2.75, 3.05) is 6.61 Å². The average Bonchev–Trinajstić information content (AvgIpc) is 2.46. The number of hydrogen-bond donors (Lipinski definition) is 1. The van der Waals surface area contributed by atoms with Crippen LogP contribution in [-0.2, 0) is 14.3 Å². The van der Waals surface area contributed by atoms with Crippen LogP contribution in [0.15, 0.2) is 12.2 Å². The first kappa shape index (κ1) is 21.5. The van der Waals surface area contributed by atoms with Gasteiger partial charge in [-0.05, 0) is 6.92 Å². The number of carbonyl (C=O) groups excluding carboxylic acids is 1. The first-order valence-electron chi connectivity index (χ1n) is 5.93. The molecule has 146 valence electrons. The van der Waals surface area contributed by atoms with Crippen LogP contribution >= 0.6 is 0 Å². The SMILES string of the molecule is C=C(C)C(=O)OCC1(C(F)(F)F)C(F)(F)OC(O)(C(F)(F)F)C1(F)F. The van der Waals surface area contributed by atoms with Crippen LogP contribution in [0.25, 0.3) is 0 Å². The predicted molar refractivity (Wildman–Crippen MR) is 56.2 cm³/mol. The standard InChI is InChI=1S/C11H8F10O4/c1-4(2)5(22)24-3-6(9(14,15)16)7(12,13)8(23,10(17,18)19)25-11(6,20)21/h23H,1,3H2,2H3. The van der Waals surface area contributed by atoms with Crippen molar-refractivity contribution in [2.45, 2.75) is 37.1 Å². The number of halogens is 10. The van der Waals surface area contributed by atoms with E-state index in [0.29, 0.717) is 0 Å². The molecule has 1 saturated heterocycles. The third-order valence-corrected chi connectivity index (χ3v) is 3.37. The highest BCUT2D eigenvalue weighted by Gasteiger charge is 2.98. The second-order valence-electron chi connectivity index (χ2n) is 5.09. The molecule has 1 fully saturated rings. The average molecular weight is 394 g/mol. The quantitative estimate of drug-likeness (QED) is 0.454. The molecule has 1 rings (SSSR count). The minimum atomic E-state index is -6.80. The highest BCUT2D eigenvalue weighted by Crippen LogP contribution is 2.70. The van der Waals surface area contributed by atoms with Gasteiger partial charge in [-0.2, -0.15) is 43.9 Å². The van der Waals surface area contributed by atoms with Crippen LogP contribution < -0.4 is 0 Å². The molecular weight excluding hydrogens is 386 g/mol. The van der Waals surface area contributed by atoms with Gasteiger partial charge in [0, 0.05) is 5.57 Å². The van der Waals surface area contributed by atoms with Crippen LogP contribution in [0.5, 0.6) is 0 Å². The van der Waals surface area contributed by atoms with Crippen LogP contribution in [0.3, 0.4) is 0 Å². The van der Waals surface area contributed by atoms with Crippen molar-refractivity contribution in [3.05, 3.63) is 12.2 Å². The van der Waals surface area contributed by atoms with Crippen LogP contribution in [-0.4, -0.2) is 47.9 Å². The maximum absolute atomic E-state index is 13.9. The van der Waals surface area contributed by atoms with E-state index >= 15 is 0 Å². The van der Waals surface area contributed by atoms with Crippen molar-refractivity contribution in [1.82, 2.24) is 0 Å². The highest BCUT2D eigenvalue weighted by molar-refractivity contribution is 5.86. The third-order valence-electron chi connectivity index (χ3n) is 3.37. The molecule has 0 aliphatic carbocycles. The molecule has 0 bridgehead atoms. The van der Waals surface area contributed by atoms with Gasteiger partial charge in [-0.1, -0.05) is 6.58 Å². The Hall–Kier alpha value is -1.57. The Bertz CT molecular complexity index is 580. The summed E-state index contributed by atoms with van der Waals surface area (Å²) in [4.78, 5) is 11.0. The van der Waals surface area contributed by atoms with Crippen LogP contribution in [0.1, 0.15) is 6.92 Å². The minimum absolute atomic E-state index is 0.714. The van der Waals surface area contributed by atoms with Crippen molar-refractivity contribution in [3.8, 4) is 0 Å². The fraction of sp³-hybridized carbons (Fsp3) is 0.727. The normalized spacial score (nSPS) is 31.7. The van der Waals surface area contributed by atoms with Gasteiger partial charge in [0.05, 0.1) is 0 Å². The van der Waals surface area contributed by atoms with Crippen molar-refractivity contribution in [3.63, 3.8) is 0 Å². The Balaban J connectivity index is 3.64. The van der Waals surface area contributed by atoms with Gasteiger partial charge >= 0.3 is 36.1 Å². The van der Waals surface area contributed by atoms with Gasteiger partial charge in [0.1, 0.15) is 6.61 Å². The van der Waals surface area contributed by atoms with Crippen LogP contribution in [0.4, 0.5) is 43.9 Å². The number of ether oxygens (including phenoxy) is 2. The molecule has 0 spiro atoms. The van der Waals surface area contributed by atoms with E-state index in [-0.39, 0.29) is 0 Å². The maximum Gasteiger partial charge on any atom is 0.449 e. The molecule has 0 radical (unpaired) electrons. The summed E-state index contributed by atoms with van der Waals surface area (Å²) >= 11 is 0. The number of carbonyl (C=O) groups is 1. The molecule has 2 unspecified atom stereocenters. The van der Waals surface area contributed by atoms with Crippen LogP contribution in [0.2, 0.25) is 0 Å². The number of alkyl halides is 10. The lowest BCUT2D eigenvalue weighted by Crippen LogP contribution is -2.67. The van der Waals surface area contributed by atoms with E-state index in [4.69, 9.17) is 5.11 Å². The Morgan fingerprint density at radius 3 is 1.80 bits per heavy atom. The highest BCUT2D eigenvalue weighted by atomic mass is 19.4. The van der Waals surface area contributed by atoms with Crippen molar-refractivity contribution in [1.29, 1.82) is 0 Å². The van der Waals surface area contributed by atoms with Crippen molar-refractivity contribution in [2.24, 2.45) is 5.41 Å². The Labute approximate surface area is 132 Å². The molecule has 0 aromatic rings. The summed E-state index contributed by atoms with van der Waals surface area (Å²) in [6.45, 7) is 0.664. The van der Waals surface area contributed by atoms with E-state index in [1.165, 1.54) is 0 Å². The monoisotopic (exact) mass is 394 g/mol. The molecule has 0 saturated carbocycles. The molecule has 25 heavy (non-hydrogen) atoms. The van der Waals surface area contributed by atoms with Gasteiger partial charge in [0.15, 0.2) is 0 Å². The van der Waals surface area contributed by atoms with E-state index in [1.807, 2.05) is 0 Å². The second-order valence-corrected chi connectivity index (χ2v) is 5.09.